The summed E-state index contributed by atoms with van der Waals surface area (Å²) in [7, 11) is 0. The van der Waals surface area contributed by atoms with E-state index in [9.17, 15) is 19.5 Å². The predicted octanol–water partition coefficient (Wildman–Crippen LogP) is 2.70. The van der Waals surface area contributed by atoms with Crippen molar-refractivity contribution in [1.82, 2.24) is 20.2 Å². The molecule has 33 heavy (non-hydrogen) atoms. The zero-order chi connectivity index (χ0) is 23.6. The Kier molecular flexibility index (Phi) is 8.56. The van der Waals surface area contributed by atoms with E-state index in [4.69, 9.17) is 4.74 Å². The lowest BCUT2D eigenvalue weighted by Crippen LogP contribution is -2.45. The Morgan fingerprint density at radius 3 is 2.88 bits per heavy atom. The molecule has 1 saturated heterocycles. The minimum atomic E-state index is -0.588. The number of nitrogens with zero attached hydrogens (tertiary/aromatic N) is 3. The SMILES string of the molecule is CCCCOC(=O)N1CCCC(C(=O)NCc2ccnc(NC(=O)c3ncccc3O)c2)C1. The van der Waals surface area contributed by atoms with Crippen LogP contribution in [0.4, 0.5) is 10.6 Å². The molecule has 3 heterocycles. The molecule has 2 aromatic heterocycles. The average molecular weight is 456 g/mol. The van der Waals surface area contributed by atoms with E-state index < -0.39 is 5.91 Å². The van der Waals surface area contributed by atoms with Crippen molar-refractivity contribution < 1.29 is 24.2 Å². The summed E-state index contributed by atoms with van der Waals surface area (Å²) in [4.78, 5) is 46.7. The first-order chi connectivity index (χ1) is 16.0. The van der Waals surface area contributed by atoms with Crippen LogP contribution in [0.5, 0.6) is 5.75 Å². The third-order valence-electron chi connectivity index (χ3n) is 5.31. The third kappa shape index (κ3) is 6.90. The highest BCUT2D eigenvalue weighted by atomic mass is 16.6. The summed E-state index contributed by atoms with van der Waals surface area (Å²) < 4.78 is 5.26. The van der Waals surface area contributed by atoms with E-state index in [2.05, 4.69) is 20.6 Å². The molecule has 1 unspecified atom stereocenters. The fraction of sp³-hybridized carbons (Fsp3) is 0.435. The summed E-state index contributed by atoms with van der Waals surface area (Å²) >= 11 is 0. The lowest BCUT2D eigenvalue weighted by molar-refractivity contribution is -0.126. The predicted molar refractivity (Wildman–Crippen MR) is 120 cm³/mol. The fourth-order valence-electron chi connectivity index (χ4n) is 3.49. The zero-order valence-electron chi connectivity index (χ0n) is 18.6. The van der Waals surface area contributed by atoms with E-state index in [0.717, 1.165) is 24.8 Å². The van der Waals surface area contributed by atoms with Gasteiger partial charge in [-0.2, -0.15) is 0 Å². The van der Waals surface area contributed by atoms with Gasteiger partial charge in [0.2, 0.25) is 5.91 Å². The number of aromatic hydroxyl groups is 1. The molecular weight excluding hydrogens is 426 g/mol. The first kappa shape index (κ1) is 24.0. The molecule has 1 atom stereocenters. The molecule has 10 heteroatoms. The van der Waals surface area contributed by atoms with Gasteiger partial charge in [-0.15, -0.1) is 0 Å². The Labute approximate surface area is 192 Å². The molecule has 1 aliphatic heterocycles. The summed E-state index contributed by atoms with van der Waals surface area (Å²) in [5.41, 5.74) is 0.638. The van der Waals surface area contributed by atoms with Crippen molar-refractivity contribution in [2.24, 2.45) is 5.92 Å². The number of nitrogens with one attached hydrogen (secondary N) is 2. The topological polar surface area (TPSA) is 134 Å². The zero-order valence-corrected chi connectivity index (χ0v) is 18.6. The van der Waals surface area contributed by atoms with Gasteiger partial charge in [0.15, 0.2) is 5.69 Å². The van der Waals surface area contributed by atoms with Gasteiger partial charge in [-0.05, 0) is 49.1 Å². The summed E-state index contributed by atoms with van der Waals surface area (Å²) in [5, 5.41) is 15.2. The molecule has 0 spiro atoms. The quantitative estimate of drug-likeness (QED) is 0.521. The van der Waals surface area contributed by atoms with Gasteiger partial charge in [-0.25, -0.2) is 14.8 Å². The monoisotopic (exact) mass is 455 g/mol. The van der Waals surface area contributed by atoms with E-state index in [1.54, 1.807) is 17.0 Å². The molecule has 3 amide bonds. The lowest BCUT2D eigenvalue weighted by atomic mass is 9.97. The molecule has 0 radical (unpaired) electrons. The van der Waals surface area contributed by atoms with Gasteiger partial charge in [-0.3, -0.25) is 9.59 Å². The van der Waals surface area contributed by atoms with Crippen LogP contribution in [-0.2, 0) is 16.1 Å². The molecule has 0 aromatic carbocycles. The number of ether oxygens (including phenoxy) is 1. The van der Waals surface area contributed by atoms with Crippen molar-refractivity contribution in [3.8, 4) is 5.75 Å². The third-order valence-corrected chi connectivity index (χ3v) is 5.31. The van der Waals surface area contributed by atoms with Crippen LogP contribution in [0.1, 0.15) is 48.7 Å². The Balaban J connectivity index is 1.51. The second kappa shape index (κ2) is 11.8. The number of carbonyl (C=O) groups is 3. The maximum absolute atomic E-state index is 12.7. The van der Waals surface area contributed by atoms with Crippen molar-refractivity contribution in [3.63, 3.8) is 0 Å². The number of piperidine rings is 1. The Bertz CT molecular complexity index is 983. The maximum atomic E-state index is 12.7. The molecule has 0 aliphatic carbocycles. The number of hydrogen-bond acceptors (Lipinski definition) is 7. The van der Waals surface area contributed by atoms with Gasteiger partial charge < -0.3 is 25.4 Å². The van der Waals surface area contributed by atoms with Gasteiger partial charge in [0, 0.05) is 32.0 Å². The highest BCUT2D eigenvalue weighted by Crippen LogP contribution is 2.18. The van der Waals surface area contributed by atoms with Crippen molar-refractivity contribution in [1.29, 1.82) is 0 Å². The first-order valence-corrected chi connectivity index (χ1v) is 11.1. The molecule has 3 N–H and O–H groups in total. The van der Waals surface area contributed by atoms with Gasteiger partial charge in [0.25, 0.3) is 5.91 Å². The number of rotatable bonds is 8. The number of carbonyl (C=O) groups excluding carboxylic acids is 3. The maximum Gasteiger partial charge on any atom is 0.409 e. The Hall–Kier alpha value is -3.69. The van der Waals surface area contributed by atoms with Crippen LogP contribution < -0.4 is 10.6 Å². The molecule has 2 aromatic rings. The molecule has 176 valence electrons. The van der Waals surface area contributed by atoms with Crippen molar-refractivity contribution in [2.45, 2.75) is 39.2 Å². The van der Waals surface area contributed by atoms with Gasteiger partial charge >= 0.3 is 6.09 Å². The van der Waals surface area contributed by atoms with Crippen LogP contribution in [0.25, 0.3) is 0 Å². The van der Waals surface area contributed by atoms with Gasteiger partial charge in [-0.1, -0.05) is 13.3 Å². The van der Waals surface area contributed by atoms with Crippen LogP contribution in [0.15, 0.2) is 36.7 Å². The average Bonchev–Trinajstić information content (AvgIpc) is 2.83. The largest absolute Gasteiger partial charge is 0.505 e. The van der Waals surface area contributed by atoms with E-state index in [1.807, 2.05) is 6.92 Å². The summed E-state index contributed by atoms with van der Waals surface area (Å²) in [6.07, 6.45) is 5.78. The van der Waals surface area contributed by atoms with Crippen LogP contribution >= 0.6 is 0 Å². The lowest BCUT2D eigenvalue weighted by Gasteiger charge is -2.31. The molecule has 1 fully saturated rings. The van der Waals surface area contributed by atoms with Crippen LogP contribution in [0, 0.1) is 5.92 Å². The standard InChI is InChI=1S/C23H29N5O5/c1-2-3-12-33-23(32)28-11-5-6-17(15-28)21(30)26-14-16-8-10-24-19(13-16)27-22(31)20-18(29)7-4-9-25-20/h4,7-10,13,17,29H,2-3,5-6,11-12,14-15H2,1H3,(H,26,30)(H,24,27,31). The second-order valence-corrected chi connectivity index (χ2v) is 7.85. The van der Waals surface area contributed by atoms with E-state index in [1.165, 1.54) is 24.5 Å². The first-order valence-electron chi connectivity index (χ1n) is 11.1. The Morgan fingerprint density at radius 1 is 1.24 bits per heavy atom. The van der Waals surface area contributed by atoms with E-state index >= 15 is 0 Å². The van der Waals surface area contributed by atoms with Crippen molar-refractivity contribution in [2.75, 3.05) is 25.0 Å². The van der Waals surface area contributed by atoms with Crippen molar-refractivity contribution >= 4 is 23.7 Å². The second-order valence-electron chi connectivity index (χ2n) is 7.85. The van der Waals surface area contributed by atoms with Crippen LogP contribution in [0.3, 0.4) is 0 Å². The molecule has 10 nitrogen and oxygen atoms in total. The highest BCUT2D eigenvalue weighted by molar-refractivity contribution is 6.04. The molecule has 1 aliphatic rings. The minimum Gasteiger partial charge on any atom is -0.505 e. The normalized spacial score (nSPS) is 15.5. The summed E-state index contributed by atoms with van der Waals surface area (Å²) in [6.45, 7) is 3.59. The number of aromatic nitrogens is 2. The van der Waals surface area contributed by atoms with Gasteiger partial charge in [0.1, 0.15) is 11.6 Å². The molecule has 0 saturated carbocycles. The number of hydrogen-bond donors (Lipinski definition) is 3. The van der Waals surface area contributed by atoms with E-state index in [-0.39, 0.29) is 41.7 Å². The molecular formula is C23H29N5O5. The summed E-state index contributed by atoms with van der Waals surface area (Å²) in [5.74, 6) is -0.980. The van der Waals surface area contributed by atoms with Gasteiger partial charge in [0.05, 0.1) is 12.5 Å². The van der Waals surface area contributed by atoms with Crippen LogP contribution in [-0.4, -0.2) is 57.6 Å². The number of amides is 3. The summed E-state index contributed by atoms with van der Waals surface area (Å²) in [6, 6.07) is 6.26. The van der Waals surface area contributed by atoms with Crippen molar-refractivity contribution in [3.05, 3.63) is 47.9 Å². The molecule has 3 rings (SSSR count). The van der Waals surface area contributed by atoms with Crippen LogP contribution in [0.2, 0.25) is 0 Å². The minimum absolute atomic E-state index is 0.104. The molecule has 0 bridgehead atoms. The smallest absolute Gasteiger partial charge is 0.409 e. The Morgan fingerprint density at radius 2 is 2.09 bits per heavy atom. The number of likely N-dealkylation sites (tertiary alicyclic amines) is 1. The fourth-order valence-corrected chi connectivity index (χ4v) is 3.49. The number of pyridine rings is 2. The number of unbranched alkanes of at least 4 members (excludes halogenated alkanes) is 1. The number of anilines is 1. The highest BCUT2D eigenvalue weighted by Gasteiger charge is 2.29. The van der Waals surface area contributed by atoms with E-state index in [0.29, 0.717) is 26.1 Å².